The minimum Gasteiger partial charge on any atom is -0.495 e. The van der Waals surface area contributed by atoms with Crippen LogP contribution >= 0.6 is 34.4 Å². The molecule has 6 heteroatoms. The smallest absolute Gasteiger partial charge is 0.266 e. The first-order chi connectivity index (χ1) is 13.2. The lowest BCUT2D eigenvalue weighted by atomic mass is 10.2. The molecule has 0 amide bonds. The van der Waals surface area contributed by atoms with E-state index in [9.17, 15) is 4.79 Å². The molecule has 0 saturated carbocycles. The average molecular weight is 494 g/mol. The van der Waals surface area contributed by atoms with Crippen molar-refractivity contribution in [2.45, 2.75) is 37.8 Å². The summed E-state index contributed by atoms with van der Waals surface area (Å²) in [5, 5.41) is 1.35. The van der Waals surface area contributed by atoms with Gasteiger partial charge in [0.05, 0.1) is 23.7 Å². The molecular formula is C21H23IN2O2S. The number of nitrogens with zero attached hydrogens (tertiary/aromatic N) is 2. The first-order valence-corrected chi connectivity index (χ1v) is 11.2. The molecule has 2 aromatic carbocycles. The van der Waals surface area contributed by atoms with E-state index in [4.69, 9.17) is 9.72 Å². The van der Waals surface area contributed by atoms with E-state index in [1.807, 2.05) is 42.5 Å². The van der Waals surface area contributed by atoms with Crippen molar-refractivity contribution >= 4 is 45.3 Å². The molecule has 0 bridgehead atoms. The maximum atomic E-state index is 13.4. The van der Waals surface area contributed by atoms with Crippen molar-refractivity contribution in [3.8, 4) is 11.4 Å². The van der Waals surface area contributed by atoms with Gasteiger partial charge in [0.1, 0.15) is 5.75 Å². The maximum absolute atomic E-state index is 13.4. The standard InChI is InChI=1S/C21H23IN2O2S/c1-3-4-5-8-13-27-21-23-17-12-11-15(22)14-16(17)20(25)24(21)18-9-6-7-10-19(18)26-2/h6-7,9-12,14H,3-5,8,13H2,1-2H3. The number of thioether (sulfide) groups is 1. The Bertz CT molecular complexity index is 988. The Morgan fingerprint density at radius 3 is 2.74 bits per heavy atom. The van der Waals surface area contributed by atoms with Gasteiger partial charge in [0.2, 0.25) is 0 Å². The molecule has 0 atom stereocenters. The number of aromatic nitrogens is 2. The lowest BCUT2D eigenvalue weighted by Crippen LogP contribution is -2.22. The highest BCUT2D eigenvalue weighted by molar-refractivity contribution is 14.1. The van der Waals surface area contributed by atoms with Crippen molar-refractivity contribution < 1.29 is 4.74 Å². The number of benzene rings is 2. The molecule has 0 radical (unpaired) electrons. The molecule has 1 aromatic heterocycles. The van der Waals surface area contributed by atoms with Crippen LogP contribution in [0.15, 0.2) is 52.4 Å². The molecule has 4 nitrogen and oxygen atoms in total. The van der Waals surface area contributed by atoms with Crippen LogP contribution in [0.2, 0.25) is 0 Å². The van der Waals surface area contributed by atoms with E-state index in [-0.39, 0.29) is 5.56 Å². The second kappa shape index (κ2) is 9.59. The molecule has 3 aromatic rings. The van der Waals surface area contributed by atoms with Gasteiger partial charge in [0.15, 0.2) is 5.16 Å². The molecule has 0 aliphatic carbocycles. The van der Waals surface area contributed by atoms with Gasteiger partial charge < -0.3 is 4.74 Å². The van der Waals surface area contributed by atoms with Crippen molar-refractivity contribution in [1.29, 1.82) is 0 Å². The summed E-state index contributed by atoms with van der Waals surface area (Å²) in [5.41, 5.74) is 1.41. The number of hydrogen-bond acceptors (Lipinski definition) is 4. The zero-order valence-corrected chi connectivity index (χ0v) is 18.5. The Morgan fingerprint density at radius 2 is 1.96 bits per heavy atom. The molecule has 1 heterocycles. The second-order valence-corrected chi connectivity index (χ2v) is 8.59. The van der Waals surface area contributed by atoms with Crippen LogP contribution in [0.3, 0.4) is 0 Å². The summed E-state index contributed by atoms with van der Waals surface area (Å²) < 4.78 is 8.22. The summed E-state index contributed by atoms with van der Waals surface area (Å²) in [4.78, 5) is 18.2. The molecule has 0 N–H and O–H groups in total. The van der Waals surface area contributed by atoms with Crippen molar-refractivity contribution in [3.05, 3.63) is 56.4 Å². The van der Waals surface area contributed by atoms with Gasteiger partial charge >= 0.3 is 0 Å². The van der Waals surface area contributed by atoms with Crippen molar-refractivity contribution in [1.82, 2.24) is 9.55 Å². The molecular weight excluding hydrogens is 471 g/mol. The molecule has 0 aliphatic heterocycles. The van der Waals surface area contributed by atoms with E-state index in [1.165, 1.54) is 19.3 Å². The van der Waals surface area contributed by atoms with Crippen LogP contribution in [0.25, 0.3) is 16.6 Å². The summed E-state index contributed by atoms with van der Waals surface area (Å²) in [6.45, 7) is 2.21. The molecule has 0 unspecified atom stereocenters. The number of ether oxygens (including phenoxy) is 1. The van der Waals surface area contributed by atoms with Gasteiger partial charge in [0.25, 0.3) is 5.56 Å². The van der Waals surface area contributed by atoms with Crippen molar-refractivity contribution in [2.75, 3.05) is 12.9 Å². The Kier molecular flexibility index (Phi) is 7.18. The van der Waals surface area contributed by atoms with E-state index in [0.717, 1.165) is 32.1 Å². The quantitative estimate of drug-likeness (QED) is 0.175. The molecule has 0 spiro atoms. The first kappa shape index (κ1) is 20.2. The highest BCUT2D eigenvalue weighted by atomic mass is 127. The lowest BCUT2D eigenvalue weighted by Gasteiger charge is -2.15. The fraction of sp³-hybridized carbons (Fsp3) is 0.333. The fourth-order valence-corrected chi connectivity index (χ4v) is 4.45. The molecule has 3 rings (SSSR count). The molecule has 142 valence electrons. The Balaban J connectivity index is 2.11. The molecule has 0 saturated heterocycles. The van der Waals surface area contributed by atoms with E-state index in [2.05, 4.69) is 29.5 Å². The average Bonchev–Trinajstić information content (AvgIpc) is 2.68. The number of rotatable bonds is 8. The van der Waals surface area contributed by atoms with Crippen LogP contribution < -0.4 is 10.3 Å². The van der Waals surface area contributed by atoms with Gasteiger partial charge in [-0.25, -0.2) is 4.98 Å². The SMILES string of the molecule is CCCCCCSc1nc2ccc(I)cc2c(=O)n1-c1ccccc1OC. The lowest BCUT2D eigenvalue weighted by molar-refractivity contribution is 0.411. The van der Waals surface area contributed by atoms with Crippen LogP contribution in [-0.4, -0.2) is 22.4 Å². The zero-order valence-electron chi connectivity index (χ0n) is 15.6. The highest BCUT2D eigenvalue weighted by Crippen LogP contribution is 2.28. The van der Waals surface area contributed by atoms with Gasteiger partial charge in [-0.05, 0) is 59.3 Å². The summed E-state index contributed by atoms with van der Waals surface area (Å²) in [7, 11) is 1.62. The zero-order chi connectivity index (χ0) is 19.2. The number of halogens is 1. The first-order valence-electron chi connectivity index (χ1n) is 9.14. The van der Waals surface area contributed by atoms with Crippen LogP contribution in [0, 0.1) is 3.57 Å². The van der Waals surface area contributed by atoms with Gasteiger partial charge in [-0.2, -0.15) is 0 Å². The topological polar surface area (TPSA) is 44.1 Å². The van der Waals surface area contributed by atoms with Crippen LogP contribution in [-0.2, 0) is 0 Å². The number of methoxy groups -OCH3 is 1. The third-order valence-corrected chi connectivity index (χ3v) is 6.05. The van der Waals surface area contributed by atoms with E-state index in [0.29, 0.717) is 11.1 Å². The monoisotopic (exact) mass is 494 g/mol. The molecule has 27 heavy (non-hydrogen) atoms. The minimum absolute atomic E-state index is 0.0564. The summed E-state index contributed by atoms with van der Waals surface area (Å²) in [6.07, 6.45) is 4.77. The van der Waals surface area contributed by atoms with Gasteiger partial charge in [0, 0.05) is 9.32 Å². The van der Waals surface area contributed by atoms with Gasteiger partial charge in [-0.1, -0.05) is 50.1 Å². The predicted molar refractivity (Wildman–Crippen MR) is 121 cm³/mol. The number of fused-ring (bicyclic) bond motifs is 1. The predicted octanol–water partition coefficient (Wildman–Crippen LogP) is 5.67. The third-order valence-electron chi connectivity index (χ3n) is 4.35. The maximum Gasteiger partial charge on any atom is 0.266 e. The normalized spacial score (nSPS) is 11.1. The van der Waals surface area contributed by atoms with E-state index in [1.54, 1.807) is 23.4 Å². The Morgan fingerprint density at radius 1 is 1.15 bits per heavy atom. The Hall–Kier alpha value is -1.54. The van der Waals surface area contributed by atoms with E-state index >= 15 is 0 Å². The highest BCUT2D eigenvalue weighted by Gasteiger charge is 2.16. The summed E-state index contributed by atoms with van der Waals surface area (Å²) in [5.74, 6) is 1.61. The second-order valence-electron chi connectivity index (χ2n) is 6.28. The number of unbranched alkanes of at least 4 members (excludes halogenated alkanes) is 3. The van der Waals surface area contributed by atoms with Crippen LogP contribution in [0.5, 0.6) is 5.75 Å². The fourth-order valence-electron chi connectivity index (χ4n) is 2.95. The van der Waals surface area contributed by atoms with Crippen molar-refractivity contribution in [3.63, 3.8) is 0 Å². The summed E-state index contributed by atoms with van der Waals surface area (Å²) in [6, 6.07) is 13.4. The Labute approximate surface area is 177 Å². The minimum atomic E-state index is -0.0564. The van der Waals surface area contributed by atoms with E-state index < -0.39 is 0 Å². The van der Waals surface area contributed by atoms with Crippen LogP contribution in [0.4, 0.5) is 0 Å². The number of para-hydroxylation sites is 2. The largest absolute Gasteiger partial charge is 0.495 e. The van der Waals surface area contributed by atoms with Crippen LogP contribution in [0.1, 0.15) is 32.6 Å². The summed E-state index contributed by atoms with van der Waals surface area (Å²) >= 11 is 3.86. The third kappa shape index (κ3) is 4.66. The van der Waals surface area contributed by atoms with Gasteiger partial charge in [-0.3, -0.25) is 9.36 Å². The van der Waals surface area contributed by atoms with Crippen molar-refractivity contribution in [2.24, 2.45) is 0 Å². The number of hydrogen-bond donors (Lipinski definition) is 0. The van der Waals surface area contributed by atoms with Gasteiger partial charge in [-0.15, -0.1) is 0 Å². The molecule has 0 fully saturated rings. The molecule has 0 aliphatic rings.